The van der Waals surface area contributed by atoms with Crippen LogP contribution < -0.4 is 10.6 Å². The number of anilines is 2. The monoisotopic (exact) mass is 429 g/mol. The van der Waals surface area contributed by atoms with Gasteiger partial charge in [0.15, 0.2) is 6.23 Å². The summed E-state index contributed by atoms with van der Waals surface area (Å²) in [4.78, 5) is 16.8. The average Bonchev–Trinajstić information content (AvgIpc) is 2.80. The Morgan fingerprint density at radius 1 is 1.06 bits per heavy atom. The third-order valence-electron chi connectivity index (χ3n) is 5.37. The first-order valence-corrected chi connectivity index (χ1v) is 10.8. The van der Waals surface area contributed by atoms with Gasteiger partial charge in [-0.15, -0.1) is 0 Å². The molecule has 0 spiro atoms. The lowest BCUT2D eigenvalue weighted by molar-refractivity contribution is 0.160. The van der Waals surface area contributed by atoms with Crippen LogP contribution in [0.3, 0.4) is 0 Å². The summed E-state index contributed by atoms with van der Waals surface area (Å²) >= 11 is 0. The van der Waals surface area contributed by atoms with Gasteiger partial charge in [0.1, 0.15) is 0 Å². The summed E-state index contributed by atoms with van der Waals surface area (Å²) in [5, 5.41) is 18.9. The van der Waals surface area contributed by atoms with Crippen molar-refractivity contribution in [1.82, 2.24) is 4.98 Å². The van der Waals surface area contributed by atoms with Gasteiger partial charge < -0.3 is 15.2 Å². The number of hydrogen-bond donors (Lipinski definition) is 3. The van der Waals surface area contributed by atoms with Crippen LogP contribution in [0.1, 0.15) is 37.1 Å². The molecular weight excluding hydrogens is 402 g/mol. The number of aromatic nitrogens is 1. The maximum atomic E-state index is 12.0. The number of aliphatic hydroxyl groups is 1. The minimum absolute atomic E-state index is 0.383. The van der Waals surface area contributed by atoms with Crippen LogP contribution in [-0.4, -0.2) is 22.8 Å². The third-order valence-corrected chi connectivity index (χ3v) is 5.37. The van der Waals surface area contributed by atoms with Gasteiger partial charge in [0.2, 0.25) is 0 Å². The van der Waals surface area contributed by atoms with Crippen LogP contribution in [-0.2, 0) is 4.74 Å². The van der Waals surface area contributed by atoms with Crippen LogP contribution in [0.5, 0.6) is 0 Å². The highest BCUT2D eigenvalue weighted by Gasteiger charge is 2.15. The summed E-state index contributed by atoms with van der Waals surface area (Å²) in [6, 6.07) is 21.0. The number of benzene rings is 3. The molecule has 6 heteroatoms. The SMILES string of the molecule is CCCCOC(=O)Nc1cccc(C(O)Nc2c3ccccc3nc3c(C)cccc23)c1. The first kappa shape index (κ1) is 21.6. The number of rotatable bonds is 7. The standard InChI is InChI=1S/C26H27N3O3/c1-3-4-15-32-26(31)27-19-11-8-10-18(16-19)25(30)29-24-20-12-5-6-14-22(20)28-23-17(2)9-7-13-21(23)24/h5-14,16,25,30H,3-4,15H2,1-2H3,(H,27,31)(H,28,29). The molecule has 0 fully saturated rings. The zero-order valence-electron chi connectivity index (χ0n) is 18.3. The van der Waals surface area contributed by atoms with Crippen molar-refractivity contribution in [2.24, 2.45) is 0 Å². The average molecular weight is 430 g/mol. The summed E-state index contributed by atoms with van der Waals surface area (Å²) in [5.41, 5.74) is 4.82. The van der Waals surface area contributed by atoms with E-state index in [4.69, 9.17) is 9.72 Å². The quantitative estimate of drug-likeness (QED) is 0.186. The molecule has 1 unspecified atom stereocenters. The van der Waals surface area contributed by atoms with E-state index in [1.165, 1.54) is 0 Å². The van der Waals surface area contributed by atoms with Gasteiger partial charge in [-0.3, -0.25) is 5.32 Å². The Bertz CT molecular complexity index is 1260. The van der Waals surface area contributed by atoms with Gasteiger partial charge in [-0.25, -0.2) is 9.78 Å². The molecule has 164 valence electrons. The molecule has 1 atom stereocenters. The van der Waals surface area contributed by atoms with Gasteiger partial charge >= 0.3 is 6.09 Å². The van der Waals surface area contributed by atoms with E-state index in [1.54, 1.807) is 18.2 Å². The van der Waals surface area contributed by atoms with Crippen LogP contribution in [0.4, 0.5) is 16.2 Å². The highest BCUT2D eigenvalue weighted by Crippen LogP contribution is 2.34. The Labute approximate surface area is 187 Å². The predicted octanol–water partition coefficient (Wildman–Crippen LogP) is 6.15. The topological polar surface area (TPSA) is 83.5 Å². The number of carbonyl (C=O) groups excluding carboxylic acids is 1. The van der Waals surface area contributed by atoms with E-state index in [2.05, 4.69) is 10.6 Å². The number of unbranched alkanes of at least 4 members (excludes halogenated alkanes) is 1. The van der Waals surface area contributed by atoms with Crippen LogP contribution in [0.2, 0.25) is 0 Å². The molecule has 0 aliphatic carbocycles. The highest BCUT2D eigenvalue weighted by atomic mass is 16.5. The Balaban J connectivity index is 1.62. The second-order valence-electron chi connectivity index (χ2n) is 7.76. The number of nitrogens with zero attached hydrogens (tertiary/aromatic N) is 1. The number of carbonyl (C=O) groups is 1. The van der Waals surface area contributed by atoms with Crippen molar-refractivity contribution in [1.29, 1.82) is 0 Å². The molecule has 0 radical (unpaired) electrons. The number of fused-ring (bicyclic) bond motifs is 2. The first-order chi connectivity index (χ1) is 15.6. The molecule has 1 amide bonds. The number of aliphatic hydroxyl groups excluding tert-OH is 1. The van der Waals surface area contributed by atoms with Crippen molar-refractivity contribution in [3.05, 3.63) is 77.9 Å². The van der Waals surface area contributed by atoms with Crippen LogP contribution in [0.15, 0.2) is 66.7 Å². The van der Waals surface area contributed by atoms with Crippen molar-refractivity contribution in [2.45, 2.75) is 32.9 Å². The number of hydrogen-bond acceptors (Lipinski definition) is 5. The second-order valence-corrected chi connectivity index (χ2v) is 7.76. The summed E-state index contributed by atoms with van der Waals surface area (Å²) in [6.45, 7) is 4.45. The van der Waals surface area contributed by atoms with Gasteiger partial charge in [-0.2, -0.15) is 0 Å². The molecule has 3 aromatic carbocycles. The molecule has 3 N–H and O–H groups in total. The number of para-hydroxylation sites is 2. The van der Waals surface area contributed by atoms with Crippen molar-refractivity contribution in [2.75, 3.05) is 17.2 Å². The molecule has 1 aromatic heterocycles. The van der Waals surface area contributed by atoms with Crippen molar-refractivity contribution in [3.63, 3.8) is 0 Å². The lowest BCUT2D eigenvalue weighted by atomic mass is 10.0. The first-order valence-electron chi connectivity index (χ1n) is 10.8. The zero-order valence-corrected chi connectivity index (χ0v) is 18.3. The summed E-state index contributed by atoms with van der Waals surface area (Å²) < 4.78 is 5.15. The molecule has 32 heavy (non-hydrogen) atoms. The number of aryl methyl sites for hydroxylation is 1. The van der Waals surface area contributed by atoms with Crippen molar-refractivity contribution in [3.8, 4) is 0 Å². The van der Waals surface area contributed by atoms with E-state index < -0.39 is 12.3 Å². The number of nitrogens with one attached hydrogen (secondary N) is 2. The van der Waals surface area contributed by atoms with E-state index in [0.717, 1.165) is 45.9 Å². The van der Waals surface area contributed by atoms with Crippen LogP contribution in [0.25, 0.3) is 21.8 Å². The summed E-state index contributed by atoms with van der Waals surface area (Å²) in [5.74, 6) is 0. The van der Waals surface area contributed by atoms with Gasteiger partial charge in [-0.1, -0.05) is 61.9 Å². The van der Waals surface area contributed by atoms with Crippen molar-refractivity contribution < 1.29 is 14.6 Å². The molecule has 4 aromatic rings. The van der Waals surface area contributed by atoms with Crippen LogP contribution >= 0.6 is 0 Å². The molecule has 1 heterocycles. The summed E-state index contributed by atoms with van der Waals surface area (Å²) in [7, 11) is 0. The highest BCUT2D eigenvalue weighted by molar-refractivity contribution is 6.08. The largest absolute Gasteiger partial charge is 0.449 e. The predicted molar refractivity (Wildman–Crippen MR) is 129 cm³/mol. The van der Waals surface area contributed by atoms with Crippen molar-refractivity contribution >= 4 is 39.3 Å². The normalized spacial score (nSPS) is 12.0. The van der Waals surface area contributed by atoms with Crippen LogP contribution in [0, 0.1) is 6.92 Å². The minimum Gasteiger partial charge on any atom is -0.449 e. The Kier molecular flexibility index (Phi) is 6.52. The molecule has 0 aliphatic heterocycles. The summed E-state index contributed by atoms with van der Waals surface area (Å²) in [6.07, 6.45) is 0.295. The Morgan fingerprint density at radius 2 is 1.84 bits per heavy atom. The minimum atomic E-state index is -0.984. The Hall–Kier alpha value is -3.64. The Morgan fingerprint density at radius 3 is 2.69 bits per heavy atom. The third kappa shape index (κ3) is 4.65. The van der Waals surface area contributed by atoms with E-state index in [1.807, 2.05) is 62.4 Å². The molecule has 0 saturated carbocycles. The second kappa shape index (κ2) is 9.66. The fraction of sp³-hybridized carbons (Fsp3) is 0.231. The van der Waals surface area contributed by atoms with E-state index >= 15 is 0 Å². The van der Waals surface area contributed by atoms with E-state index in [0.29, 0.717) is 17.9 Å². The van der Waals surface area contributed by atoms with E-state index in [9.17, 15) is 9.90 Å². The zero-order chi connectivity index (χ0) is 22.5. The number of amides is 1. The van der Waals surface area contributed by atoms with Gasteiger partial charge in [0, 0.05) is 22.0 Å². The lowest BCUT2D eigenvalue weighted by Crippen LogP contribution is -2.15. The molecule has 0 saturated heterocycles. The smallest absolute Gasteiger partial charge is 0.411 e. The molecule has 0 bridgehead atoms. The molecule has 4 rings (SSSR count). The van der Waals surface area contributed by atoms with Gasteiger partial charge in [0.05, 0.1) is 23.3 Å². The van der Waals surface area contributed by atoms with E-state index in [-0.39, 0.29) is 0 Å². The maximum Gasteiger partial charge on any atom is 0.411 e. The lowest BCUT2D eigenvalue weighted by Gasteiger charge is -2.19. The fourth-order valence-corrected chi connectivity index (χ4v) is 3.68. The number of pyridine rings is 1. The van der Waals surface area contributed by atoms with Gasteiger partial charge in [-0.05, 0) is 37.1 Å². The number of ether oxygens (including phenoxy) is 1. The fourth-order valence-electron chi connectivity index (χ4n) is 3.68. The molecule has 0 aliphatic rings. The van der Waals surface area contributed by atoms with Gasteiger partial charge in [0.25, 0.3) is 0 Å². The maximum absolute atomic E-state index is 12.0. The molecule has 6 nitrogen and oxygen atoms in total. The molecular formula is C26H27N3O3.